The summed E-state index contributed by atoms with van der Waals surface area (Å²) in [5, 5.41) is 3.40. The van der Waals surface area contributed by atoms with Crippen molar-refractivity contribution in [2.24, 2.45) is 0 Å². The van der Waals surface area contributed by atoms with Gasteiger partial charge in [0.2, 0.25) is 5.91 Å². The molecular weight excluding hydrogens is 434 g/mol. The average Bonchev–Trinajstić information content (AvgIpc) is 3.47. The summed E-state index contributed by atoms with van der Waals surface area (Å²) < 4.78 is 7.39. The van der Waals surface area contributed by atoms with Crippen LogP contribution in [-0.4, -0.2) is 46.2 Å². The lowest BCUT2D eigenvalue weighted by Gasteiger charge is -2.12. The second-order valence-electron chi connectivity index (χ2n) is 7.38. The fourth-order valence-electron chi connectivity index (χ4n) is 3.69. The first-order chi connectivity index (χ1) is 15.4. The van der Waals surface area contributed by atoms with Gasteiger partial charge in [-0.1, -0.05) is 11.3 Å². The number of nitrogens with zero attached hydrogens (tertiary/aromatic N) is 4. The maximum Gasteiger partial charge on any atom is 0.337 e. The van der Waals surface area contributed by atoms with Crippen LogP contribution >= 0.6 is 11.3 Å². The third kappa shape index (κ3) is 4.03. The molecule has 3 heterocycles. The molecule has 0 spiro atoms. The van der Waals surface area contributed by atoms with Gasteiger partial charge in [-0.05, 0) is 44.0 Å². The van der Waals surface area contributed by atoms with E-state index in [1.54, 1.807) is 19.1 Å². The monoisotopic (exact) mass is 457 g/mol. The van der Waals surface area contributed by atoms with E-state index in [0.29, 0.717) is 21.1 Å². The number of fused-ring (bicyclic) bond motifs is 1. The molecule has 168 valence electrons. The number of ether oxygens (including phenoxy) is 1. The summed E-state index contributed by atoms with van der Waals surface area (Å²) in [5.41, 5.74) is 0.0971. The number of amides is 1. The van der Waals surface area contributed by atoms with Gasteiger partial charge >= 0.3 is 11.7 Å². The fraction of sp³-hybridized carbons (Fsp3) is 0.381. The van der Waals surface area contributed by atoms with E-state index in [2.05, 4.69) is 19.9 Å². The highest BCUT2D eigenvalue weighted by molar-refractivity contribution is 7.22. The Labute approximate surface area is 187 Å². The number of anilines is 2. The third-order valence-corrected chi connectivity index (χ3v) is 6.43. The SMILES string of the molecule is CCn1c(=O)c2sc(N3CCCC3)nc2n(CC(=O)Nc2ccc(C(=O)OC)cc2)c1=O. The smallest absolute Gasteiger partial charge is 0.337 e. The summed E-state index contributed by atoms with van der Waals surface area (Å²) in [6.45, 7) is 3.32. The molecular formula is C21H23N5O5S. The number of nitrogens with one attached hydrogen (secondary N) is 1. The van der Waals surface area contributed by atoms with Gasteiger partial charge in [0, 0.05) is 25.3 Å². The summed E-state index contributed by atoms with van der Waals surface area (Å²) in [6, 6.07) is 6.21. The molecule has 4 rings (SSSR count). The van der Waals surface area contributed by atoms with E-state index in [9.17, 15) is 19.2 Å². The highest BCUT2D eigenvalue weighted by Gasteiger charge is 2.22. The molecule has 3 aromatic rings. The zero-order valence-corrected chi connectivity index (χ0v) is 18.6. The number of hydrogen-bond donors (Lipinski definition) is 1. The quantitative estimate of drug-likeness (QED) is 0.560. The van der Waals surface area contributed by atoms with E-state index in [4.69, 9.17) is 0 Å². The summed E-state index contributed by atoms with van der Waals surface area (Å²) >= 11 is 1.26. The van der Waals surface area contributed by atoms with Gasteiger partial charge in [0.25, 0.3) is 5.56 Å². The third-order valence-electron chi connectivity index (χ3n) is 5.34. The molecule has 1 aromatic carbocycles. The molecule has 1 fully saturated rings. The van der Waals surface area contributed by atoms with Gasteiger partial charge in [0.15, 0.2) is 10.8 Å². The molecule has 10 nitrogen and oxygen atoms in total. The predicted molar refractivity (Wildman–Crippen MR) is 122 cm³/mol. The van der Waals surface area contributed by atoms with Crippen molar-refractivity contribution < 1.29 is 14.3 Å². The maximum absolute atomic E-state index is 13.0. The van der Waals surface area contributed by atoms with E-state index < -0.39 is 17.6 Å². The van der Waals surface area contributed by atoms with Crippen LogP contribution in [0, 0.1) is 0 Å². The van der Waals surface area contributed by atoms with Crippen LogP contribution in [0.4, 0.5) is 10.8 Å². The van der Waals surface area contributed by atoms with Crippen LogP contribution in [0.2, 0.25) is 0 Å². The number of thiazole rings is 1. The Morgan fingerprint density at radius 1 is 1.12 bits per heavy atom. The average molecular weight is 458 g/mol. The van der Waals surface area contributed by atoms with Gasteiger partial charge in [0.05, 0.1) is 12.7 Å². The molecule has 2 aromatic heterocycles. The molecule has 0 atom stereocenters. The van der Waals surface area contributed by atoms with Crippen LogP contribution < -0.4 is 21.5 Å². The van der Waals surface area contributed by atoms with Gasteiger partial charge < -0.3 is 15.0 Å². The van der Waals surface area contributed by atoms with Gasteiger partial charge in [0.1, 0.15) is 11.2 Å². The number of aromatic nitrogens is 3. The molecule has 1 N–H and O–H groups in total. The van der Waals surface area contributed by atoms with Gasteiger partial charge in [-0.25, -0.2) is 14.6 Å². The summed E-state index contributed by atoms with van der Waals surface area (Å²) in [7, 11) is 1.29. The molecule has 0 bridgehead atoms. The summed E-state index contributed by atoms with van der Waals surface area (Å²) in [4.78, 5) is 56.7. The molecule has 1 aliphatic heterocycles. The van der Waals surface area contributed by atoms with E-state index in [1.807, 2.05) is 0 Å². The van der Waals surface area contributed by atoms with Gasteiger partial charge in [-0.3, -0.25) is 18.7 Å². The van der Waals surface area contributed by atoms with Crippen LogP contribution in [0.1, 0.15) is 30.1 Å². The molecule has 1 saturated heterocycles. The molecule has 1 aliphatic rings. The second kappa shape index (κ2) is 8.95. The van der Waals surface area contributed by atoms with Gasteiger partial charge in [-0.2, -0.15) is 0 Å². The number of carbonyl (C=O) groups is 2. The second-order valence-corrected chi connectivity index (χ2v) is 8.36. The highest BCUT2D eigenvalue weighted by atomic mass is 32.1. The van der Waals surface area contributed by atoms with Crippen LogP contribution in [0.15, 0.2) is 33.9 Å². The Hall–Kier alpha value is -3.47. The Kier molecular flexibility index (Phi) is 6.08. The van der Waals surface area contributed by atoms with Crippen LogP contribution in [0.3, 0.4) is 0 Å². The topological polar surface area (TPSA) is 116 Å². The van der Waals surface area contributed by atoms with Crippen molar-refractivity contribution in [3.63, 3.8) is 0 Å². The molecule has 32 heavy (non-hydrogen) atoms. The fourth-order valence-corrected chi connectivity index (χ4v) is 4.76. The summed E-state index contributed by atoms with van der Waals surface area (Å²) in [6.07, 6.45) is 2.11. The first-order valence-electron chi connectivity index (χ1n) is 10.3. The first-order valence-corrected chi connectivity index (χ1v) is 11.1. The van der Waals surface area contributed by atoms with Crippen molar-refractivity contribution in [1.82, 2.24) is 14.1 Å². The molecule has 11 heteroatoms. The number of rotatable bonds is 6. The van der Waals surface area contributed by atoms with E-state index in [1.165, 1.54) is 35.1 Å². The van der Waals surface area contributed by atoms with Crippen molar-refractivity contribution >= 4 is 44.4 Å². The molecule has 0 saturated carbocycles. The predicted octanol–water partition coefficient (Wildman–Crippen LogP) is 1.67. The van der Waals surface area contributed by atoms with Crippen molar-refractivity contribution in [1.29, 1.82) is 0 Å². The first kappa shape index (κ1) is 21.8. The lowest BCUT2D eigenvalue weighted by Crippen LogP contribution is -2.41. The van der Waals surface area contributed by atoms with Crippen molar-refractivity contribution in [3.8, 4) is 0 Å². The van der Waals surface area contributed by atoms with Crippen LogP contribution in [0.5, 0.6) is 0 Å². The largest absolute Gasteiger partial charge is 0.465 e. The summed E-state index contributed by atoms with van der Waals surface area (Å²) in [5.74, 6) is -0.924. The highest BCUT2D eigenvalue weighted by Crippen LogP contribution is 2.28. The molecule has 0 radical (unpaired) electrons. The molecule has 1 amide bonds. The van der Waals surface area contributed by atoms with E-state index in [-0.39, 0.29) is 24.3 Å². The number of methoxy groups -OCH3 is 1. The zero-order valence-electron chi connectivity index (χ0n) is 17.8. The van der Waals surface area contributed by atoms with Crippen LogP contribution in [0.25, 0.3) is 10.3 Å². The number of carbonyl (C=O) groups excluding carboxylic acids is 2. The van der Waals surface area contributed by atoms with Gasteiger partial charge in [-0.15, -0.1) is 0 Å². The normalized spacial score (nSPS) is 13.5. The maximum atomic E-state index is 13.0. The van der Waals surface area contributed by atoms with E-state index >= 15 is 0 Å². The lowest BCUT2D eigenvalue weighted by molar-refractivity contribution is -0.116. The lowest BCUT2D eigenvalue weighted by atomic mass is 10.2. The minimum Gasteiger partial charge on any atom is -0.465 e. The van der Waals surface area contributed by atoms with Crippen molar-refractivity contribution in [2.45, 2.75) is 32.9 Å². The number of esters is 1. The Morgan fingerprint density at radius 3 is 2.44 bits per heavy atom. The minimum atomic E-state index is -0.570. The van der Waals surface area contributed by atoms with Crippen molar-refractivity contribution in [2.75, 3.05) is 30.4 Å². The minimum absolute atomic E-state index is 0.196. The Balaban J connectivity index is 1.65. The Bertz CT molecular complexity index is 1280. The number of hydrogen-bond acceptors (Lipinski definition) is 8. The zero-order chi connectivity index (χ0) is 22.8. The standard InChI is InChI=1S/C21H23N5O5S/c1-3-25-18(28)16-17(23-20(32-16)24-10-4-5-11-24)26(21(25)30)12-15(27)22-14-8-6-13(7-9-14)19(29)31-2/h6-9H,3-5,10-12H2,1-2H3,(H,22,27). The van der Waals surface area contributed by atoms with E-state index in [0.717, 1.165) is 30.5 Å². The molecule has 0 aliphatic carbocycles. The molecule has 0 unspecified atom stereocenters. The Morgan fingerprint density at radius 2 is 1.81 bits per heavy atom. The van der Waals surface area contributed by atoms with Crippen LogP contribution in [-0.2, 0) is 22.6 Å². The van der Waals surface area contributed by atoms with Crippen molar-refractivity contribution in [3.05, 3.63) is 50.7 Å². The number of benzene rings is 1.